The summed E-state index contributed by atoms with van der Waals surface area (Å²) in [5, 5.41) is 15.2. The Morgan fingerprint density at radius 1 is 0.767 bits per heavy atom. The zero-order valence-corrected chi connectivity index (χ0v) is 16.8. The molecule has 3 aromatic rings. The molecule has 154 valence electrons. The number of carbonyl (C=O) groups is 2. The number of benzene rings is 3. The van der Waals surface area contributed by atoms with Gasteiger partial charge in [0.2, 0.25) is 11.8 Å². The first-order valence-corrected chi connectivity index (χ1v) is 10.0. The van der Waals surface area contributed by atoms with E-state index >= 15 is 0 Å². The van der Waals surface area contributed by atoms with E-state index < -0.39 is 6.04 Å². The molecule has 5 heteroatoms. The Kier molecular flexibility index (Phi) is 7.61. The molecule has 2 amide bonds. The SMILES string of the molecule is O=C(Cc1ccc(O)cc1)N[C@@H](Cc1ccccc1)C(=O)NCCc1ccccc1. The monoisotopic (exact) mass is 402 g/mol. The van der Waals surface area contributed by atoms with E-state index in [2.05, 4.69) is 10.6 Å². The fraction of sp³-hybridized carbons (Fsp3) is 0.200. The Labute approximate surface area is 176 Å². The van der Waals surface area contributed by atoms with E-state index in [-0.39, 0.29) is 24.0 Å². The summed E-state index contributed by atoms with van der Waals surface area (Å²) in [6, 6.07) is 25.4. The molecule has 0 bridgehead atoms. The fourth-order valence-electron chi connectivity index (χ4n) is 3.20. The number of aromatic hydroxyl groups is 1. The minimum Gasteiger partial charge on any atom is -0.508 e. The van der Waals surface area contributed by atoms with Crippen molar-refractivity contribution >= 4 is 11.8 Å². The van der Waals surface area contributed by atoms with Crippen LogP contribution in [0.5, 0.6) is 5.75 Å². The van der Waals surface area contributed by atoms with Crippen LogP contribution in [0.15, 0.2) is 84.9 Å². The van der Waals surface area contributed by atoms with Crippen LogP contribution in [0.3, 0.4) is 0 Å². The lowest BCUT2D eigenvalue weighted by atomic mass is 10.0. The maximum Gasteiger partial charge on any atom is 0.242 e. The van der Waals surface area contributed by atoms with E-state index in [9.17, 15) is 14.7 Å². The summed E-state index contributed by atoms with van der Waals surface area (Å²) in [4.78, 5) is 25.4. The van der Waals surface area contributed by atoms with Crippen molar-refractivity contribution in [1.29, 1.82) is 0 Å². The molecule has 0 radical (unpaired) electrons. The number of rotatable bonds is 9. The third kappa shape index (κ3) is 6.78. The van der Waals surface area contributed by atoms with Gasteiger partial charge in [-0.15, -0.1) is 0 Å². The molecule has 3 N–H and O–H groups in total. The second-order valence-electron chi connectivity index (χ2n) is 7.18. The molecule has 3 rings (SSSR count). The van der Waals surface area contributed by atoms with Crippen LogP contribution >= 0.6 is 0 Å². The predicted octanol–water partition coefficient (Wildman–Crippen LogP) is 3.02. The molecule has 3 aromatic carbocycles. The largest absolute Gasteiger partial charge is 0.508 e. The highest BCUT2D eigenvalue weighted by Crippen LogP contribution is 2.10. The third-order valence-electron chi connectivity index (χ3n) is 4.79. The van der Waals surface area contributed by atoms with Gasteiger partial charge in [-0.05, 0) is 35.2 Å². The number of phenols is 1. The number of amides is 2. The minimum absolute atomic E-state index is 0.142. The van der Waals surface area contributed by atoms with E-state index in [1.807, 2.05) is 60.7 Å². The van der Waals surface area contributed by atoms with E-state index in [1.165, 1.54) is 0 Å². The molecule has 0 spiro atoms. The molecule has 0 aromatic heterocycles. The van der Waals surface area contributed by atoms with Crippen molar-refractivity contribution < 1.29 is 14.7 Å². The number of hydrogen-bond acceptors (Lipinski definition) is 3. The second-order valence-corrected chi connectivity index (χ2v) is 7.18. The number of carbonyl (C=O) groups excluding carboxylic acids is 2. The first-order chi connectivity index (χ1) is 14.6. The summed E-state index contributed by atoms with van der Waals surface area (Å²) in [6.07, 6.45) is 1.29. The topological polar surface area (TPSA) is 78.4 Å². The molecule has 0 aliphatic carbocycles. The van der Waals surface area contributed by atoms with Crippen LogP contribution in [0.1, 0.15) is 16.7 Å². The van der Waals surface area contributed by atoms with Gasteiger partial charge >= 0.3 is 0 Å². The van der Waals surface area contributed by atoms with Gasteiger partial charge in [0.1, 0.15) is 11.8 Å². The third-order valence-corrected chi connectivity index (χ3v) is 4.79. The van der Waals surface area contributed by atoms with E-state index in [0.717, 1.165) is 23.1 Å². The van der Waals surface area contributed by atoms with Gasteiger partial charge in [-0.1, -0.05) is 72.8 Å². The van der Waals surface area contributed by atoms with Crippen molar-refractivity contribution in [3.8, 4) is 5.75 Å². The Morgan fingerprint density at radius 3 is 2.00 bits per heavy atom. The summed E-state index contributed by atoms with van der Waals surface area (Å²) in [5.41, 5.74) is 2.90. The lowest BCUT2D eigenvalue weighted by molar-refractivity contribution is -0.128. The molecule has 0 fully saturated rings. The lowest BCUT2D eigenvalue weighted by Gasteiger charge is -2.19. The van der Waals surface area contributed by atoms with Crippen LogP contribution in [-0.2, 0) is 28.9 Å². The molecule has 0 saturated heterocycles. The summed E-state index contributed by atoms with van der Waals surface area (Å²) in [7, 11) is 0. The van der Waals surface area contributed by atoms with Crippen molar-refractivity contribution in [2.24, 2.45) is 0 Å². The smallest absolute Gasteiger partial charge is 0.242 e. The number of nitrogens with one attached hydrogen (secondary N) is 2. The Balaban J connectivity index is 1.60. The van der Waals surface area contributed by atoms with Crippen LogP contribution in [0.4, 0.5) is 0 Å². The maximum absolute atomic E-state index is 12.8. The first-order valence-electron chi connectivity index (χ1n) is 10.0. The van der Waals surface area contributed by atoms with Gasteiger partial charge in [-0.3, -0.25) is 9.59 Å². The molecular weight excluding hydrogens is 376 g/mol. The van der Waals surface area contributed by atoms with Crippen LogP contribution < -0.4 is 10.6 Å². The molecule has 30 heavy (non-hydrogen) atoms. The highest BCUT2D eigenvalue weighted by Gasteiger charge is 2.21. The summed E-state index contributed by atoms with van der Waals surface area (Å²) in [5.74, 6) is -0.285. The van der Waals surface area contributed by atoms with Crippen molar-refractivity contribution in [2.45, 2.75) is 25.3 Å². The van der Waals surface area contributed by atoms with Gasteiger partial charge in [0.25, 0.3) is 0 Å². The van der Waals surface area contributed by atoms with Gasteiger partial charge in [0.05, 0.1) is 6.42 Å². The Bertz CT molecular complexity index is 941. The van der Waals surface area contributed by atoms with Crippen LogP contribution in [-0.4, -0.2) is 29.5 Å². The molecule has 1 atom stereocenters. The minimum atomic E-state index is -0.659. The number of hydrogen-bond donors (Lipinski definition) is 3. The van der Waals surface area contributed by atoms with Crippen LogP contribution in [0, 0.1) is 0 Å². The fourth-order valence-corrected chi connectivity index (χ4v) is 3.20. The van der Waals surface area contributed by atoms with Crippen LogP contribution in [0.2, 0.25) is 0 Å². The predicted molar refractivity (Wildman–Crippen MR) is 117 cm³/mol. The van der Waals surface area contributed by atoms with E-state index in [1.54, 1.807) is 24.3 Å². The summed E-state index contributed by atoms with van der Waals surface area (Å²) < 4.78 is 0. The average Bonchev–Trinajstić information content (AvgIpc) is 2.76. The zero-order valence-electron chi connectivity index (χ0n) is 16.8. The van der Waals surface area contributed by atoms with Gasteiger partial charge in [-0.2, -0.15) is 0 Å². The highest BCUT2D eigenvalue weighted by atomic mass is 16.3. The Hall–Kier alpha value is -3.60. The van der Waals surface area contributed by atoms with E-state index in [0.29, 0.717) is 13.0 Å². The molecule has 5 nitrogen and oxygen atoms in total. The standard InChI is InChI=1S/C25H26N2O3/c28-22-13-11-21(12-14-22)18-24(29)27-23(17-20-9-5-2-6-10-20)25(30)26-16-15-19-7-3-1-4-8-19/h1-14,23,28H,15-18H2,(H,26,30)(H,27,29)/t23-/m0/s1. The quantitative estimate of drug-likeness (QED) is 0.515. The molecule has 0 unspecified atom stereocenters. The molecule has 0 aliphatic heterocycles. The van der Waals surface area contributed by atoms with Gasteiger partial charge in [0.15, 0.2) is 0 Å². The van der Waals surface area contributed by atoms with Gasteiger partial charge < -0.3 is 15.7 Å². The molecule has 0 heterocycles. The lowest BCUT2D eigenvalue weighted by Crippen LogP contribution is -2.48. The highest BCUT2D eigenvalue weighted by molar-refractivity contribution is 5.88. The van der Waals surface area contributed by atoms with Gasteiger partial charge in [0, 0.05) is 13.0 Å². The molecule has 0 aliphatic rings. The average molecular weight is 402 g/mol. The van der Waals surface area contributed by atoms with Gasteiger partial charge in [-0.25, -0.2) is 0 Å². The second kappa shape index (κ2) is 10.8. The van der Waals surface area contributed by atoms with E-state index in [4.69, 9.17) is 0 Å². The molecule has 0 saturated carbocycles. The zero-order chi connectivity index (χ0) is 21.2. The van der Waals surface area contributed by atoms with Crippen molar-refractivity contribution in [3.05, 3.63) is 102 Å². The molecular formula is C25H26N2O3. The Morgan fingerprint density at radius 2 is 1.37 bits per heavy atom. The summed E-state index contributed by atoms with van der Waals surface area (Å²) in [6.45, 7) is 0.502. The van der Waals surface area contributed by atoms with Crippen molar-refractivity contribution in [1.82, 2.24) is 10.6 Å². The normalized spacial score (nSPS) is 11.5. The summed E-state index contributed by atoms with van der Waals surface area (Å²) >= 11 is 0. The maximum atomic E-state index is 12.8. The van der Waals surface area contributed by atoms with Crippen molar-refractivity contribution in [3.63, 3.8) is 0 Å². The first kappa shape index (κ1) is 21.1. The van der Waals surface area contributed by atoms with Crippen LogP contribution in [0.25, 0.3) is 0 Å². The van der Waals surface area contributed by atoms with Crippen molar-refractivity contribution in [2.75, 3.05) is 6.54 Å². The number of phenolic OH excluding ortho intramolecular Hbond substituents is 1.